The lowest BCUT2D eigenvalue weighted by molar-refractivity contribution is -0.141. The highest BCUT2D eigenvalue weighted by Gasteiger charge is 2.34. The van der Waals surface area contributed by atoms with E-state index in [-0.39, 0.29) is 30.8 Å². The van der Waals surface area contributed by atoms with Crippen LogP contribution in [0.5, 0.6) is 6.01 Å². The minimum absolute atomic E-state index is 0.0280. The summed E-state index contributed by atoms with van der Waals surface area (Å²) in [6.45, 7) is 0.965. The summed E-state index contributed by atoms with van der Waals surface area (Å²) in [5.41, 5.74) is -0.0868. The van der Waals surface area contributed by atoms with Crippen molar-refractivity contribution in [2.24, 2.45) is 11.1 Å². The Morgan fingerprint density at radius 1 is 1.27 bits per heavy atom. The Kier molecular flexibility index (Phi) is 7.23. The van der Waals surface area contributed by atoms with E-state index in [4.69, 9.17) is 4.74 Å². The number of rotatable bonds is 8. The fourth-order valence-electron chi connectivity index (χ4n) is 3.30. The van der Waals surface area contributed by atoms with Crippen LogP contribution in [0, 0.1) is 10.8 Å². The Hall–Kier alpha value is -2.28. The zero-order valence-corrected chi connectivity index (χ0v) is 16.4. The Balaban J connectivity index is 1.57. The smallest absolute Gasteiger partial charge is 0.433 e. The largest absolute Gasteiger partial charge is 0.463 e. The highest BCUT2D eigenvalue weighted by Crippen LogP contribution is 2.35. The molecule has 0 saturated carbocycles. The van der Waals surface area contributed by atoms with Crippen molar-refractivity contribution in [3.05, 3.63) is 38.9 Å². The van der Waals surface area contributed by atoms with Crippen LogP contribution < -0.4 is 4.74 Å². The van der Waals surface area contributed by atoms with E-state index in [0.29, 0.717) is 30.8 Å². The van der Waals surface area contributed by atoms with Crippen molar-refractivity contribution >= 4 is 11.3 Å². The molecule has 0 spiro atoms. The number of alkyl halides is 5. The summed E-state index contributed by atoms with van der Waals surface area (Å²) < 4.78 is 69.8. The van der Waals surface area contributed by atoms with Crippen LogP contribution >= 0.6 is 11.3 Å². The van der Waals surface area contributed by atoms with Gasteiger partial charge in [-0.15, -0.1) is 11.3 Å². The zero-order chi connectivity index (χ0) is 21.7. The van der Waals surface area contributed by atoms with Gasteiger partial charge >= 0.3 is 12.2 Å². The maximum atomic E-state index is 13.2. The predicted molar refractivity (Wildman–Crippen MR) is 97.3 cm³/mol. The van der Waals surface area contributed by atoms with E-state index in [1.165, 1.54) is 5.51 Å². The first kappa shape index (κ1) is 22.4. The van der Waals surface area contributed by atoms with Crippen LogP contribution in [0.4, 0.5) is 22.0 Å². The molecule has 7 nitrogen and oxygen atoms in total. The Morgan fingerprint density at radius 3 is 2.63 bits per heavy atom. The summed E-state index contributed by atoms with van der Waals surface area (Å²) in [5.74, 6) is 0.0280. The third kappa shape index (κ3) is 5.45. The van der Waals surface area contributed by atoms with Gasteiger partial charge in [-0.25, -0.2) is 18.7 Å². The Labute approximate surface area is 172 Å². The van der Waals surface area contributed by atoms with E-state index in [1.54, 1.807) is 0 Å². The molecule has 1 unspecified atom stereocenters. The monoisotopic (exact) mass is 451 g/mol. The van der Waals surface area contributed by atoms with Crippen molar-refractivity contribution in [2.75, 3.05) is 26.2 Å². The van der Waals surface area contributed by atoms with Crippen LogP contribution in [0.1, 0.15) is 41.6 Å². The Bertz CT molecular complexity index is 842. The van der Waals surface area contributed by atoms with Gasteiger partial charge in [0.1, 0.15) is 12.2 Å². The second-order valence-corrected chi connectivity index (χ2v) is 7.63. The number of hydrogen-bond acceptors (Lipinski definition) is 8. The number of likely N-dealkylation sites (tertiary alicyclic amines) is 1. The second-order valence-electron chi connectivity index (χ2n) is 6.74. The van der Waals surface area contributed by atoms with E-state index >= 15 is 0 Å². The molecule has 1 fully saturated rings. The number of nitrogens with zero attached hydrogens (tertiary/aromatic N) is 5. The van der Waals surface area contributed by atoms with E-state index < -0.39 is 24.3 Å². The first-order valence-corrected chi connectivity index (χ1v) is 9.95. The quantitative estimate of drug-likeness (QED) is 0.435. The number of nitroso groups, excluding NO2 is 1. The number of hydrogen-bond donors (Lipinski definition) is 0. The topological polar surface area (TPSA) is 80.6 Å². The molecule has 3 rings (SSSR count). The highest BCUT2D eigenvalue weighted by molar-refractivity contribution is 7.09. The third-order valence-electron chi connectivity index (χ3n) is 4.84. The first-order valence-electron chi connectivity index (χ1n) is 9.07. The van der Waals surface area contributed by atoms with Crippen LogP contribution in [0.2, 0.25) is 0 Å². The van der Waals surface area contributed by atoms with Crippen molar-refractivity contribution in [3.63, 3.8) is 0 Å². The lowest BCUT2D eigenvalue weighted by Gasteiger charge is -2.36. The maximum absolute atomic E-state index is 13.2. The molecular formula is C17H18F5N5O2S. The molecule has 0 aromatic carbocycles. The molecule has 1 aliphatic heterocycles. The van der Waals surface area contributed by atoms with Gasteiger partial charge in [0.15, 0.2) is 5.69 Å². The summed E-state index contributed by atoms with van der Waals surface area (Å²) in [5, 5.41) is 2.90. The Morgan fingerprint density at radius 2 is 2.00 bits per heavy atom. The van der Waals surface area contributed by atoms with E-state index in [2.05, 4.69) is 20.1 Å². The van der Waals surface area contributed by atoms with Crippen LogP contribution in [0.3, 0.4) is 0 Å². The fourth-order valence-corrected chi connectivity index (χ4v) is 4.23. The van der Waals surface area contributed by atoms with Gasteiger partial charge in [-0.2, -0.15) is 23.1 Å². The van der Waals surface area contributed by atoms with Crippen LogP contribution in [0.25, 0.3) is 0 Å². The van der Waals surface area contributed by atoms with E-state index in [0.717, 1.165) is 23.6 Å². The summed E-state index contributed by atoms with van der Waals surface area (Å²) >= 11 is 1.07. The molecule has 3 heterocycles. The minimum Gasteiger partial charge on any atom is -0.463 e. The molecule has 1 saturated heterocycles. The molecule has 1 aliphatic rings. The third-order valence-corrected chi connectivity index (χ3v) is 5.79. The first-order chi connectivity index (χ1) is 14.3. The van der Waals surface area contributed by atoms with E-state index in [9.17, 15) is 26.9 Å². The fraction of sp³-hybridized carbons (Fsp3) is 0.588. The number of ether oxygens (including phenoxy) is 1. The van der Waals surface area contributed by atoms with Gasteiger partial charge in [0.2, 0.25) is 0 Å². The molecule has 2 aromatic heterocycles. The van der Waals surface area contributed by atoms with Crippen molar-refractivity contribution in [3.8, 4) is 6.01 Å². The van der Waals surface area contributed by atoms with Crippen molar-refractivity contribution in [2.45, 2.75) is 31.5 Å². The summed E-state index contributed by atoms with van der Waals surface area (Å²) in [6.07, 6.45) is -5.12. The van der Waals surface area contributed by atoms with Gasteiger partial charge in [-0.05, 0) is 37.9 Å². The molecule has 2 aromatic rings. The summed E-state index contributed by atoms with van der Waals surface area (Å²) in [6, 6.07) is -0.159. The predicted octanol–water partition coefficient (Wildman–Crippen LogP) is 4.49. The number of piperidine rings is 1. The highest BCUT2D eigenvalue weighted by atomic mass is 32.1. The van der Waals surface area contributed by atoms with Gasteiger partial charge in [-0.1, -0.05) is 5.18 Å². The molecule has 164 valence electrons. The van der Waals surface area contributed by atoms with Crippen LogP contribution in [-0.4, -0.2) is 46.1 Å². The lowest BCUT2D eigenvalue weighted by atomic mass is 9.96. The maximum Gasteiger partial charge on any atom is 0.433 e. The zero-order valence-electron chi connectivity index (χ0n) is 15.6. The average Bonchev–Trinajstić information content (AvgIpc) is 3.20. The minimum atomic E-state index is -4.58. The lowest BCUT2D eigenvalue weighted by Crippen LogP contribution is -2.39. The molecular weight excluding hydrogens is 433 g/mol. The normalized spacial score (nSPS) is 17.3. The molecule has 0 N–H and O–H groups in total. The number of halogens is 5. The van der Waals surface area contributed by atoms with E-state index in [1.807, 2.05) is 4.90 Å². The second kappa shape index (κ2) is 9.69. The van der Waals surface area contributed by atoms with Crippen molar-refractivity contribution in [1.29, 1.82) is 0 Å². The summed E-state index contributed by atoms with van der Waals surface area (Å²) in [4.78, 5) is 23.9. The van der Waals surface area contributed by atoms with Crippen molar-refractivity contribution < 1.29 is 26.7 Å². The molecule has 13 heteroatoms. The SMILES string of the molecule is O=NCC(c1scnc1C(F)F)N1CCC(COc2nccc(C(F)(F)F)n2)CC1. The van der Waals surface area contributed by atoms with Crippen molar-refractivity contribution in [1.82, 2.24) is 19.9 Å². The van der Waals surface area contributed by atoms with Crippen LogP contribution in [0.15, 0.2) is 23.0 Å². The van der Waals surface area contributed by atoms with Gasteiger partial charge in [0, 0.05) is 6.20 Å². The molecule has 0 amide bonds. The van der Waals surface area contributed by atoms with Crippen LogP contribution in [-0.2, 0) is 6.18 Å². The molecule has 0 aliphatic carbocycles. The summed E-state index contributed by atoms with van der Waals surface area (Å²) in [7, 11) is 0. The van der Waals surface area contributed by atoms with Gasteiger partial charge < -0.3 is 4.74 Å². The number of thiazole rings is 1. The molecule has 0 bridgehead atoms. The number of aromatic nitrogens is 3. The van der Waals surface area contributed by atoms with Gasteiger partial charge in [0.25, 0.3) is 6.43 Å². The standard InChI is InChI=1S/C17H18F5N5O2S/c18-15(19)13-14(30-9-24-13)11(7-25-28)27-5-2-10(3-6-27)8-29-16-23-4-1-12(26-16)17(20,21)22/h1,4,9-11,15H,2-3,5-8H2. The van der Waals surface area contributed by atoms with Gasteiger partial charge in [0.05, 0.1) is 23.0 Å². The molecule has 30 heavy (non-hydrogen) atoms. The molecule has 1 atom stereocenters. The molecule has 0 radical (unpaired) electrons. The van der Waals surface area contributed by atoms with Gasteiger partial charge in [-0.3, -0.25) is 4.90 Å². The average molecular weight is 451 g/mol.